The lowest BCUT2D eigenvalue weighted by Crippen LogP contribution is -2.29. The second kappa shape index (κ2) is 3.93. The summed E-state index contributed by atoms with van der Waals surface area (Å²) in [4.78, 5) is 19.6. The second-order valence-corrected chi connectivity index (χ2v) is 5.37. The molecule has 3 aromatic rings. The van der Waals surface area contributed by atoms with Gasteiger partial charge in [-0.25, -0.2) is 4.98 Å². The van der Waals surface area contributed by atoms with Crippen LogP contribution in [-0.4, -0.2) is 21.8 Å². The Kier molecular flexibility index (Phi) is 2.22. The van der Waals surface area contributed by atoms with Crippen LogP contribution in [0.3, 0.4) is 0 Å². The first-order valence-electron chi connectivity index (χ1n) is 6.15. The van der Waals surface area contributed by atoms with E-state index in [1.807, 2.05) is 39.1 Å². The monoisotopic (exact) mass is 269 g/mol. The molecule has 1 amide bonds. The van der Waals surface area contributed by atoms with Crippen LogP contribution in [0.4, 0.5) is 5.69 Å². The predicted octanol–water partition coefficient (Wildman–Crippen LogP) is 2.60. The van der Waals surface area contributed by atoms with E-state index in [0.29, 0.717) is 5.69 Å². The fourth-order valence-electron chi connectivity index (χ4n) is 2.57. The van der Waals surface area contributed by atoms with Crippen LogP contribution in [0.5, 0.6) is 0 Å². The first-order valence-corrected chi connectivity index (χ1v) is 7.03. The van der Waals surface area contributed by atoms with Gasteiger partial charge >= 0.3 is 0 Å². The van der Waals surface area contributed by atoms with Crippen molar-refractivity contribution in [3.63, 3.8) is 0 Å². The van der Waals surface area contributed by atoms with E-state index in [4.69, 9.17) is 0 Å². The molecule has 5 heteroatoms. The van der Waals surface area contributed by atoms with Crippen LogP contribution >= 0.6 is 11.3 Å². The number of anilines is 1. The Morgan fingerprint density at radius 3 is 3.16 bits per heavy atom. The molecule has 0 saturated carbocycles. The van der Waals surface area contributed by atoms with Crippen LogP contribution in [0.25, 0.3) is 4.96 Å². The van der Waals surface area contributed by atoms with Crippen molar-refractivity contribution in [3.05, 3.63) is 53.3 Å². The Balaban J connectivity index is 1.78. The van der Waals surface area contributed by atoms with Crippen LogP contribution in [0.15, 0.2) is 42.0 Å². The van der Waals surface area contributed by atoms with Crippen LogP contribution in [-0.2, 0) is 6.42 Å². The number of hydrogen-bond donors (Lipinski definition) is 0. The molecular weight excluding hydrogens is 258 g/mol. The third-order valence-corrected chi connectivity index (χ3v) is 4.35. The number of carbonyl (C=O) groups is 1. The van der Waals surface area contributed by atoms with Gasteiger partial charge in [0.1, 0.15) is 5.69 Å². The van der Waals surface area contributed by atoms with Gasteiger partial charge in [0.25, 0.3) is 5.91 Å². The maximum absolute atomic E-state index is 12.7. The Bertz CT molecular complexity index is 774. The van der Waals surface area contributed by atoms with E-state index in [0.717, 1.165) is 23.6 Å². The second-order valence-electron chi connectivity index (χ2n) is 4.54. The number of carbonyl (C=O) groups excluding carboxylic acids is 1. The molecule has 0 radical (unpaired) electrons. The molecule has 94 valence electrons. The number of thiazole rings is 1. The van der Waals surface area contributed by atoms with Crippen molar-refractivity contribution in [2.45, 2.75) is 6.42 Å². The van der Waals surface area contributed by atoms with E-state index in [1.165, 1.54) is 16.9 Å². The van der Waals surface area contributed by atoms with Crippen molar-refractivity contribution in [1.82, 2.24) is 9.38 Å². The molecule has 0 atom stereocenters. The van der Waals surface area contributed by atoms with E-state index in [9.17, 15) is 4.79 Å². The molecule has 19 heavy (non-hydrogen) atoms. The minimum atomic E-state index is 0.0502. The Labute approximate surface area is 113 Å². The molecule has 1 aromatic carbocycles. The summed E-state index contributed by atoms with van der Waals surface area (Å²) < 4.78 is 1.86. The molecule has 0 N–H and O–H groups in total. The molecule has 0 saturated heterocycles. The van der Waals surface area contributed by atoms with Gasteiger partial charge in [-0.05, 0) is 18.1 Å². The third kappa shape index (κ3) is 1.51. The molecule has 1 aliphatic rings. The molecule has 4 nitrogen and oxygen atoms in total. The molecular formula is C14H11N3OS. The SMILES string of the molecule is O=C(c1csc2nccn12)N1CCc2ccccc21. The van der Waals surface area contributed by atoms with Gasteiger partial charge in [-0.15, -0.1) is 11.3 Å². The first-order chi connectivity index (χ1) is 9.34. The molecule has 4 rings (SSSR count). The largest absolute Gasteiger partial charge is 0.306 e. The van der Waals surface area contributed by atoms with E-state index < -0.39 is 0 Å². The Morgan fingerprint density at radius 1 is 1.32 bits per heavy atom. The van der Waals surface area contributed by atoms with Crippen LogP contribution in [0, 0.1) is 0 Å². The molecule has 0 fully saturated rings. The highest BCUT2D eigenvalue weighted by Crippen LogP contribution is 2.29. The van der Waals surface area contributed by atoms with Gasteiger partial charge in [0, 0.05) is 30.0 Å². The maximum Gasteiger partial charge on any atom is 0.276 e. The molecule has 2 aromatic heterocycles. The smallest absolute Gasteiger partial charge is 0.276 e. The summed E-state index contributed by atoms with van der Waals surface area (Å²) in [6, 6.07) is 8.09. The lowest BCUT2D eigenvalue weighted by Gasteiger charge is -2.16. The van der Waals surface area contributed by atoms with Gasteiger partial charge in [0.05, 0.1) is 0 Å². The number of rotatable bonds is 1. The molecule has 3 heterocycles. The standard InChI is InChI=1S/C14H11N3OS/c18-13(12-9-19-14-15-6-8-17(12)14)16-7-5-10-3-1-2-4-11(10)16/h1-4,6,8-9H,5,7H2. The van der Waals surface area contributed by atoms with E-state index in [2.05, 4.69) is 11.1 Å². The number of imidazole rings is 1. The number of fused-ring (bicyclic) bond motifs is 2. The predicted molar refractivity (Wildman–Crippen MR) is 74.9 cm³/mol. The zero-order chi connectivity index (χ0) is 12.8. The normalized spacial score (nSPS) is 14.0. The number of benzene rings is 1. The highest BCUT2D eigenvalue weighted by molar-refractivity contribution is 7.15. The van der Waals surface area contributed by atoms with Crippen molar-refractivity contribution in [2.75, 3.05) is 11.4 Å². The van der Waals surface area contributed by atoms with Gasteiger partial charge in [0.2, 0.25) is 0 Å². The van der Waals surface area contributed by atoms with Gasteiger partial charge in [-0.2, -0.15) is 0 Å². The van der Waals surface area contributed by atoms with E-state index in [-0.39, 0.29) is 5.91 Å². The molecule has 1 aliphatic heterocycles. The fraction of sp³-hybridized carbons (Fsp3) is 0.143. The highest BCUT2D eigenvalue weighted by atomic mass is 32.1. The molecule has 0 aliphatic carbocycles. The van der Waals surface area contributed by atoms with Gasteiger partial charge in [0.15, 0.2) is 4.96 Å². The van der Waals surface area contributed by atoms with Crippen molar-refractivity contribution < 1.29 is 4.79 Å². The van der Waals surface area contributed by atoms with Crippen molar-refractivity contribution in [1.29, 1.82) is 0 Å². The average molecular weight is 269 g/mol. The van der Waals surface area contributed by atoms with Crippen molar-refractivity contribution in [2.24, 2.45) is 0 Å². The van der Waals surface area contributed by atoms with Crippen molar-refractivity contribution in [3.8, 4) is 0 Å². The average Bonchev–Trinajstić information content (AvgIpc) is 3.12. The zero-order valence-corrected chi connectivity index (χ0v) is 10.9. The summed E-state index contributed by atoms with van der Waals surface area (Å²) in [5.74, 6) is 0.0502. The van der Waals surface area contributed by atoms with Gasteiger partial charge < -0.3 is 4.90 Å². The van der Waals surface area contributed by atoms with Gasteiger partial charge in [-0.1, -0.05) is 18.2 Å². The maximum atomic E-state index is 12.7. The van der Waals surface area contributed by atoms with Gasteiger partial charge in [-0.3, -0.25) is 9.20 Å². The lowest BCUT2D eigenvalue weighted by molar-refractivity contribution is 0.0984. The Hall–Kier alpha value is -2.14. The number of nitrogens with zero attached hydrogens (tertiary/aromatic N) is 3. The summed E-state index contributed by atoms with van der Waals surface area (Å²) >= 11 is 1.49. The van der Waals surface area contributed by atoms with Crippen LogP contribution < -0.4 is 4.90 Å². The number of aromatic nitrogens is 2. The van der Waals surface area contributed by atoms with E-state index in [1.54, 1.807) is 6.20 Å². The minimum absolute atomic E-state index is 0.0502. The van der Waals surface area contributed by atoms with Crippen LogP contribution in [0.1, 0.15) is 16.1 Å². The summed E-state index contributed by atoms with van der Waals surface area (Å²) in [5.41, 5.74) is 2.97. The van der Waals surface area contributed by atoms with Crippen LogP contribution in [0.2, 0.25) is 0 Å². The first kappa shape index (κ1) is 10.8. The zero-order valence-electron chi connectivity index (χ0n) is 10.1. The summed E-state index contributed by atoms with van der Waals surface area (Å²) in [6.45, 7) is 0.754. The van der Waals surface area contributed by atoms with E-state index >= 15 is 0 Å². The quantitative estimate of drug-likeness (QED) is 0.681. The molecule has 0 bridgehead atoms. The third-order valence-electron chi connectivity index (χ3n) is 3.49. The highest BCUT2D eigenvalue weighted by Gasteiger charge is 2.27. The minimum Gasteiger partial charge on any atom is -0.306 e. The number of para-hydroxylation sites is 1. The van der Waals surface area contributed by atoms with Crippen molar-refractivity contribution >= 4 is 27.9 Å². The molecule has 0 unspecified atom stereocenters. The Morgan fingerprint density at radius 2 is 2.21 bits per heavy atom. The molecule has 0 spiro atoms. The summed E-state index contributed by atoms with van der Waals surface area (Å²) in [7, 11) is 0. The number of hydrogen-bond acceptors (Lipinski definition) is 3. The topological polar surface area (TPSA) is 37.6 Å². The summed E-state index contributed by atoms with van der Waals surface area (Å²) in [5, 5.41) is 1.88. The summed E-state index contributed by atoms with van der Waals surface area (Å²) in [6.07, 6.45) is 4.49. The fourth-order valence-corrected chi connectivity index (χ4v) is 3.39. The lowest BCUT2D eigenvalue weighted by atomic mass is 10.2. The number of amides is 1.